The smallest absolute Gasteiger partial charge is 0.239 e. The van der Waals surface area contributed by atoms with Gasteiger partial charge in [0.1, 0.15) is 0 Å². The summed E-state index contributed by atoms with van der Waals surface area (Å²) in [5.41, 5.74) is 5.79. The zero-order valence-electron chi connectivity index (χ0n) is 9.61. The third-order valence-electron chi connectivity index (χ3n) is 2.30. The Morgan fingerprint density at radius 3 is 2.75 bits per heavy atom. The number of nitrogens with zero attached hydrogens (tertiary/aromatic N) is 2. The maximum atomic E-state index is 11.8. The van der Waals surface area contributed by atoms with Crippen molar-refractivity contribution < 1.29 is 4.79 Å². The highest BCUT2D eigenvalue weighted by atomic mass is 35.5. The molecule has 0 saturated heterocycles. The molecule has 0 fully saturated rings. The number of nitrogens with two attached hydrogens (primary N) is 1. The quantitative estimate of drug-likeness (QED) is 0.898. The van der Waals surface area contributed by atoms with Crippen molar-refractivity contribution in [3.63, 3.8) is 0 Å². The molecule has 1 atom stereocenters. The van der Waals surface area contributed by atoms with Gasteiger partial charge in [0.05, 0.1) is 12.6 Å². The van der Waals surface area contributed by atoms with E-state index in [0.29, 0.717) is 11.0 Å². The number of likely N-dealkylation sites (N-methyl/N-ethyl adjacent to an activating group) is 1. The molecule has 2 N–H and O–H groups in total. The minimum atomic E-state index is -0.451. The first-order valence-corrected chi connectivity index (χ1v) is 6.22. The number of carbonyl (C=O) groups is 1. The van der Waals surface area contributed by atoms with Crippen molar-refractivity contribution in [2.75, 3.05) is 7.05 Å². The number of hydrogen-bond donors (Lipinski definition) is 1. The Kier molecular flexibility index (Phi) is 4.70. The highest BCUT2D eigenvalue weighted by Gasteiger charge is 2.21. The van der Waals surface area contributed by atoms with Crippen LogP contribution in [0.15, 0.2) is 6.20 Å². The second-order valence-electron chi connectivity index (χ2n) is 4.04. The maximum Gasteiger partial charge on any atom is 0.239 e. The van der Waals surface area contributed by atoms with Crippen molar-refractivity contribution in [2.24, 2.45) is 11.7 Å². The lowest BCUT2D eigenvalue weighted by Gasteiger charge is -2.22. The number of thiazole rings is 1. The first-order valence-electron chi connectivity index (χ1n) is 5.02. The molecule has 1 amide bonds. The van der Waals surface area contributed by atoms with E-state index in [-0.39, 0.29) is 11.8 Å². The summed E-state index contributed by atoms with van der Waals surface area (Å²) in [6.07, 6.45) is 1.68. The van der Waals surface area contributed by atoms with Crippen molar-refractivity contribution in [1.82, 2.24) is 9.88 Å². The van der Waals surface area contributed by atoms with Crippen molar-refractivity contribution >= 4 is 28.8 Å². The van der Waals surface area contributed by atoms with Crippen LogP contribution in [-0.2, 0) is 11.3 Å². The third kappa shape index (κ3) is 3.43. The second-order valence-corrected chi connectivity index (χ2v) is 5.74. The Morgan fingerprint density at radius 1 is 1.69 bits per heavy atom. The van der Waals surface area contributed by atoms with E-state index in [9.17, 15) is 4.79 Å². The minimum Gasteiger partial charge on any atom is -0.339 e. The van der Waals surface area contributed by atoms with E-state index in [1.807, 2.05) is 13.8 Å². The van der Waals surface area contributed by atoms with Crippen molar-refractivity contribution in [3.8, 4) is 0 Å². The van der Waals surface area contributed by atoms with Gasteiger partial charge in [-0.15, -0.1) is 11.3 Å². The van der Waals surface area contributed by atoms with Gasteiger partial charge in [0, 0.05) is 18.1 Å². The monoisotopic (exact) mass is 261 g/mol. The standard InChI is InChI=1S/C10H16ClN3OS/c1-6(2)8(12)9(15)14(3)5-7-4-13-10(11)16-7/h4,6,8H,5,12H2,1-3H3/t8-/m0/s1. The lowest BCUT2D eigenvalue weighted by atomic mass is 10.0. The maximum absolute atomic E-state index is 11.8. The molecule has 0 aromatic carbocycles. The summed E-state index contributed by atoms with van der Waals surface area (Å²) in [5, 5.41) is 0. The molecule has 1 aromatic heterocycles. The topological polar surface area (TPSA) is 59.2 Å². The minimum absolute atomic E-state index is 0.0560. The highest BCUT2D eigenvalue weighted by Crippen LogP contribution is 2.19. The lowest BCUT2D eigenvalue weighted by Crippen LogP contribution is -2.44. The summed E-state index contributed by atoms with van der Waals surface area (Å²) < 4.78 is 0.490. The van der Waals surface area contributed by atoms with Crippen LogP contribution in [0.25, 0.3) is 0 Å². The molecule has 90 valence electrons. The van der Waals surface area contributed by atoms with Gasteiger partial charge in [0.15, 0.2) is 4.47 Å². The number of hydrogen-bond acceptors (Lipinski definition) is 4. The summed E-state index contributed by atoms with van der Waals surface area (Å²) >= 11 is 7.09. The summed E-state index contributed by atoms with van der Waals surface area (Å²) in [6, 6.07) is -0.451. The molecule has 0 saturated carbocycles. The van der Waals surface area contributed by atoms with Crippen LogP contribution in [0.1, 0.15) is 18.7 Å². The van der Waals surface area contributed by atoms with Crippen LogP contribution in [0.3, 0.4) is 0 Å². The average molecular weight is 262 g/mol. The predicted molar refractivity (Wildman–Crippen MR) is 66.4 cm³/mol. The van der Waals surface area contributed by atoms with Gasteiger partial charge in [-0.1, -0.05) is 25.4 Å². The van der Waals surface area contributed by atoms with Crippen molar-refractivity contribution in [2.45, 2.75) is 26.4 Å². The molecular formula is C10H16ClN3OS. The SMILES string of the molecule is CC(C)[C@H](N)C(=O)N(C)Cc1cnc(Cl)s1. The van der Waals surface area contributed by atoms with Gasteiger partial charge in [-0.2, -0.15) is 0 Å². The van der Waals surface area contributed by atoms with Crippen LogP contribution in [0.4, 0.5) is 0 Å². The molecule has 1 heterocycles. The number of aromatic nitrogens is 1. The molecule has 0 aliphatic heterocycles. The van der Waals surface area contributed by atoms with Gasteiger partial charge in [0.2, 0.25) is 5.91 Å². The predicted octanol–water partition coefficient (Wildman–Crippen LogP) is 1.74. The molecule has 1 rings (SSSR count). The van der Waals surface area contributed by atoms with Gasteiger partial charge in [-0.05, 0) is 5.92 Å². The number of rotatable bonds is 4. The van der Waals surface area contributed by atoms with Gasteiger partial charge in [-0.3, -0.25) is 4.79 Å². The molecule has 0 bridgehead atoms. The summed E-state index contributed by atoms with van der Waals surface area (Å²) in [4.78, 5) is 18.3. The first kappa shape index (κ1) is 13.4. The lowest BCUT2D eigenvalue weighted by molar-refractivity contribution is -0.132. The second kappa shape index (κ2) is 5.61. The zero-order chi connectivity index (χ0) is 12.3. The first-order chi connectivity index (χ1) is 7.41. The van der Waals surface area contributed by atoms with Gasteiger partial charge in [-0.25, -0.2) is 4.98 Å². The van der Waals surface area contributed by atoms with E-state index in [2.05, 4.69) is 4.98 Å². The van der Waals surface area contributed by atoms with Crippen LogP contribution >= 0.6 is 22.9 Å². The van der Waals surface area contributed by atoms with Crippen LogP contribution < -0.4 is 5.73 Å². The van der Waals surface area contributed by atoms with E-state index >= 15 is 0 Å². The molecule has 0 spiro atoms. The van der Waals surface area contributed by atoms with Gasteiger partial charge >= 0.3 is 0 Å². The molecular weight excluding hydrogens is 246 g/mol. The number of carbonyl (C=O) groups excluding carboxylic acids is 1. The van der Waals surface area contributed by atoms with Gasteiger partial charge < -0.3 is 10.6 Å². The van der Waals surface area contributed by atoms with E-state index in [1.54, 1.807) is 18.1 Å². The Hall–Kier alpha value is -0.650. The summed E-state index contributed by atoms with van der Waals surface area (Å²) in [6.45, 7) is 4.36. The normalized spacial score (nSPS) is 12.9. The Bertz CT molecular complexity index is 367. The molecule has 0 aliphatic rings. The Labute approximate surface area is 104 Å². The average Bonchev–Trinajstić information content (AvgIpc) is 2.61. The molecule has 0 radical (unpaired) electrons. The zero-order valence-corrected chi connectivity index (χ0v) is 11.2. The van der Waals surface area contributed by atoms with E-state index in [1.165, 1.54) is 11.3 Å². The molecule has 0 unspecified atom stereocenters. The Morgan fingerprint density at radius 2 is 2.31 bits per heavy atom. The summed E-state index contributed by atoms with van der Waals surface area (Å²) in [7, 11) is 1.73. The fourth-order valence-corrected chi connectivity index (χ4v) is 2.24. The van der Waals surface area contributed by atoms with Crippen LogP contribution in [0.2, 0.25) is 4.47 Å². The van der Waals surface area contributed by atoms with Crippen molar-refractivity contribution in [3.05, 3.63) is 15.5 Å². The molecule has 6 heteroatoms. The Balaban J connectivity index is 2.58. The number of halogens is 1. The summed E-state index contributed by atoms with van der Waals surface area (Å²) in [5.74, 6) is 0.0829. The van der Waals surface area contributed by atoms with E-state index in [0.717, 1.165) is 4.88 Å². The highest BCUT2D eigenvalue weighted by molar-refractivity contribution is 7.15. The number of amides is 1. The third-order valence-corrected chi connectivity index (χ3v) is 3.40. The van der Waals surface area contributed by atoms with Crippen LogP contribution in [0.5, 0.6) is 0 Å². The largest absolute Gasteiger partial charge is 0.339 e. The van der Waals surface area contributed by atoms with E-state index < -0.39 is 6.04 Å². The van der Waals surface area contributed by atoms with Gasteiger partial charge in [0.25, 0.3) is 0 Å². The molecule has 1 aromatic rings. The van der Waals surface area contributed by atoms with Crippen molar-refractivity contribution in [1.29, 1.82) is 0 Å². The van der Waals surface area contributed by atoms with E-state index in [4.69, 9.17) is 17.3 Å². The molecule has 0 aliphatic carbocycles. The van der Waals surface area contributed by atoms with Crippen LogP contribution in [0, 0.1) is 5.92 Å². The molecule has 4 nitrogen and oxygen atoms in total. The fraction of sp³-hybridized carbons (Fsp3) is 0.600. The van der Waals surface area contributed by atoms with Crippen LogP contribution in [-0.4, -0.2) is 28.9 Å². The fourth-order valence-electron chi connectivity index (χ4n) is 1.21. The molecule has 16 heavy (non-hydrogen) atoms.